The number of carbonyl (C=O) groups excluding carboxylic acids is 3. The molecule has 2 amide bonds. The molecule has 180 valence electrons. The Kier molecular flexibility index (Phi) is 7.47. The maximum absolute atomic E-state index is 12.8. The molecule has 0 aromatic heterocycles. The van der Waals surface area contributed by atoms with Gasteiger partial charge in [-0.25, -0.2) is 0 Å². The molecule has 0 saturated carbocycles. The summed E-state index contributed by atoms with van der Waals surface area (Å²) >= 11 is 0. The quantitative estimate of drug-likeness (QED) is 0.571. The molecule has 0 spiro atoms. The van der Waals surface area contributed by atoms with E-state index in [4.69, 9.17) is 14.2 Å². The number of fused-ring (bicyclic) bond motifs is 1. The van der Waals surface area contributed by atoms with Gasteiger partial charge in [0.25, 0.3) is 5.91 Å². The molecule has 0 bridgehead atoms. The topological polar surface area (TPSA) is 94.2 Å². The largest absolute Gasteiger partial charge is 0.485 e. The van der Waals surface area contributed by atoms with Crippen molar-refractivity contribution in [2.24, 2.45) is 0 Å². The van der Waals surface area contributed by atoms with E-state index < -0.39 is 6.04 Å². The minimum atomic E-state index is -0.769. The van der Waals surface area contributed by atoms with Crippen molar-refractivity contribution in [3.63, 3.8) is 0 Å². The molecule has 0 radical (unpaired) electrons. The van der Waals surface area contributed by atoms with Crippen molar-refractivity contribution in [1.82, 2.24) is 5.32 Å². The van der Waals surface area contributed by atoms with E-state index in [9.17, 15) is 14.4 Å². The highest BCUT2D eigenvalue weighted by Gasteiger charge is 2.34. The molecule has 34 heavy (non-hydrogen) atoms. The lowest BCUT2D eigenvalue weighted by Gasteiger charge is -2.33. The number of ketones is 1. The van der Waals surface area contributed by atoms with Crippen LogP contribution in [0.2, 0.25) is 0 Å². The van der Waals surface area contributed by atoms with Crippen LogP contribution in [0.25, 0.3) is 0 Å². The smallest absolute Gasteiger partial charge is 0.265 e. The van der Waals surface area contributed by atoms with Crippen molar-refractivity contribution in [1.29, 1.82) is 0 Å². The number of hydrogen-bond acceptors (Lipinski definition) is 6. The summed E-state index contributed by atoms with van der Waals surface area (Å²) in [5.41, 5.74) is 1.90. The first-order valence-corrected chi connectivity index (χ1v) is 11.7. The fourth-order valence-corrected chi connectivity index (χ4v) is 4.14. The minimum absolute atomic E-state index is 0.00562. The van der Waals surface area contributed by atoms with Gasteiger partial charge in [-0.05, 0) is 62.1 Å². The fraction of sp³-hybridized carbons (Fsp3) is 0.423. The van der Waals surface area contributed by atoms with Gasteiger partial charge in [-0.3, -0.25) is 19.3 Å². The number of hydrogen-bond donors (Lipinski definition) is 1. The molecule has 1 N–H and O–H groups in total. The molecule has 2 aliphatic heterocycles. The van der Waals surface area contributed by atoms with Gasteiger partial charge in [-0.1, -0.05) is 19.1 Å². The molecule has 8 heteroatoms. The highest BCUT2D eigenvalue weighted by atomic mass is 16.5. The Morgan fingerprint density at radius 1 is 1.24 bits per heavy atom. The van der Waals surface area contributed by atoms with Crippen molar-refractivity contribution in [3.05, 3.63) is 53.6 Å². The van der Waals surface area contributed by atoms with Gasteiger partial charge in [0, 0.05) is 18.7 Å². The maximum Gasteiger partial charge on any atom is 0.265 e. The van der Waals surface area contributed by atoms with E-state index in [0.717, 1.165) is 24.8 Å². The Balaban J connectivity index is 1.46. The van der Waals surface area contributed by atoms with Gasteiger partial charge in [-0.15, -0.1) is 0 Å². The molecule has 0 unspecified atom stereocenters. The Labute approximate surface area is 199 Å². The first-order valence-electron chi connectivity index (χ1n) is 11.7. The monoisotopic (exact) mass is 466 g/mol. The number of nitrogens with zero attached hydrogens (tertiary/aromatic N) is 1. The summed E-state index contributed by atoms with van der Waals surface area (Å²) in [5, 5.41) is 2.87. The molecule has 2 aromatic rings. The number of aryl methyl sites for hydroxylation is 1. The number of Topliss-reactive ketones (excluding diaryl/α,β-unsaturated/α-hetero) is 1. The number of benzene rings is 2. The van der Waals surface area contributed by atoms with Crippen LogP contribution >= 0.6 is 0 Å². The van der Waals surface area contributed by atoms with Gasteiger partial charge in [0.05, 0.1) is 11.8 Å². The van der Waals surface area contributed by atoms with E-state index in [1.807, 2.05) is 24.3 Å². The lowest BCUT2D eigenvalue weighted by Crippen LogP contribution is -2.52. The highest BCUT2D eigenvalue weighted by molar-refractivity contribution is 6.05. The molecule has 1 fully saturated rings. The average Bonchev–Trinajstić information content (AvgIpc) is 3.39. The zero-order chi connectivity index (χ0) is 24.1. The first kappa shape index (κ1) is 23.8. The molecule has 8 nitrogen and oxygen atoms in total. The second kappa shape index (κ2) is 10.7. The predicted octanol–water partition coefficient (Wildman–Crippen LogP) is 2.92. The van der Waals surface area contributed by atoms with Crippen LogP contribution < -0.4 is 19.7 Å². The van der Waals surface area contributed by atoms with Crippen LogP contribution in [0.15, 0.2) is 42.5 Å². The Hall–Kier alpha value is -3.39. The van der Waals surface area contributed by atoms with Crippen molar-refractivity contribution >= 4 is 23.3 Å². The van der Waals surface area contributed by atoms with Crippen molar-refractivity contribution in [2.75, 3.05) is 31.3 Å². The van der Waals surface area contributed by atoms with E-state index >= 15 is 0 Å². The van der Waals surface area contributed by atoms with E-state index in [2.05, 4.69) is 12.2 Å². The fourth-order valence-electron chi connectivity index (χ4n) is 4.14. The Morgan fingerprint density at radius 2 is 2.09 bits per heavy atom. The lowest BCUT2D eigenvalue weighted by atomic mass is 10.1. The van der Waals surface area contributed by atoms with Crippen LogP contribution in [0.1, 0.15) is 42.6 Å². The van der Waals surface area contributed by atoms with Crippen molar-refractivity contribution in [2.45, 2.75) is 45.3 Å². The van der Waals surface area contributed by atoms with Crippen LogP contribution in [0.5, 0.6) is 11.5 Å². The average molecular weight is 467 g/mol. The van der Waals surface area contributed by atoms with E-state index in [1.165, 1.54) is 4.90 Å². The van der Waals surface area contributed by atoms with Gasteiger partial charge in [-0.2, -0.15) is 0 Å². The van der Waals surface area contributed by atoms with Crippen LogP contribution in [0.4, 0.5) is 5.69 Å². The SMILES string of the molecule is CCc1cccc(OCC(=O)c2ccc3c(c2)N([C@@H](C)C(=O)NC[C@@H]2CCCO2)C(=O)CO3)c1. The third-order valence-corrected chi connectivity index (χ3v) is 6.13. The molecular formula is C26H30N2O6. The van der Waals surface area contributed by atoms with Gasteiger partial charge < -0.3 is 19.5 Å². The van der Waals surface area contributed by atoms with Gasteiger partial charge in [0.2, 0.25) is 5.91 Å². The number of nitrogens with one attached hydrogen (secondary N) is 1. The summed E-state index contributed by atoms with van der Waals surface area (Å²) < 4.78 is 16.8. The third-order valence-electron chi connectivity index (χ3n) is 6.13. The van der Waals surface area contributed by atoms with Gasteiger partial charge in [0.1, 0.15) is 17.5 Å². The Bertz CT molecular complexity index is 1060. The molecular weight excluding hydrogens is 436 g/mol. The molecule has 4 rings (SSSR count). The van der Waals surface area contributed by atoms with Crippen LogP contribution in [0, 0.1) is 0 Å². The standard InChI is InChI=1S/C26H30N2O6/c1-3-18-6-4-7-20(12-18)33-15-23(29)19-9-10-24-22(13-19)28(25(30)16-34-24)17(2)26(31)27-14-21-8-5-11-32-21/h4,6-7,9-10,12-13,17,21H,3,5,8,11,14-16H2,1-2H3,(H,27,31)/t17-,21-/m0/s1. The van der Waals surface area contributed by atoms with Crippen molar-refractivity contribution in [3.8, 4) is 11.5 Å². The normalized spacial score (nSPS) is 18.1. The third kappa shape index (κ3) is 5.39. The second-order valence-corrected chi connectivity index (χ2v) is 8.50. The molecule has 2 atom stereocenters. The molecule has 0 aliphatic carbocycles. The van der Waals surface area contributed by atoms with Crippen LogP contribution in [-0.2, 0) is 20.7 Å². The summed E-state index contributed by atoms with van der Waals surface area (Å²) in [6.07, 6.45) is 2.77. The molecule has 2 aliphatic rings. The zero-order valence-corrected chi connectivity index (χ0v) is 19.5. The number of anilines is 1. The molecule has 2 aromatic carbocycles. The predicted molar refractivity (Wildman–Crippen MR) is 127 cm³/mol. The summed E-state index contributed by atoms with van der Waals surface area (Å²) in [6.45, 7) is 4.52. The second-order valence-electron chi connectivity index (χ2n) is 8.50. The summed E-state index contributed by atoms with van der Waals surface area (Å²) in [4.78, 5) is 39.7. The van der Waals surface area contributed by atoms with Gasteiger partial charge in [0.15, 0.2) is 19.0 Å². The highest BCUT2D eigenvalue weighted by Crippen LogP contribution is 2.34. The minimum Gasteiger partial charge on any atom is -0.485 e. The van der Waals surface area contributed by atoms with Crippen LogP contribution in [0.3, 0.4) is 0 Å². The summed E-state index contributed by atoms with van der Waals surface area (Å²) in [5.74, 6) is 0.212. The number of carbonyl (C=O) groups is 3. The zero-order valence-electron chi connectivity index (χ0n) is 19.5. The molecule has 2 heterocycles. The lowest BCUT2D eigenvalue weighted by molar-refractivity contribution is -0.127. The maximum atomic E-state index is 12.8. The summed E-state index contributed by atoms with van der Waals surface area (Å²) in [6, 6.07) is 11.7. The molecule has 1 saturated heterocycles. The number of amides is 2. The van der Waals surface area contributed by atoms with Crippen LogP contribution in [-0.4, -0.2) is 56.1 Å². The summed E-state index contributed by atoms with van der Waals surface area (Å²) in [7, 11) is 0. The van der Waals surface area contributed by atoms with Crippen molar-refractivity contribution < 1.29 is 28.6 Å². The number of rotatable bonds is 9. The first-order chi connectivity index (χ1) is 16.5. The van der Waals surface area contributed by atoms with Gasteiger partial charge >= 0.3 is 0 Å². The Morgan fingerprint density at radius 3 is 2.85 bits per heavy atom. The van der Waals surface area contributed by atoms with E-state index in [0.29, 0.717) is 35.9 Å². The number of ether oxygens (including phenoxy) is 3. The van der Waals surface area contributed by atoms with E-state index in [-0.39, 0.29) is 36.9 Å². The van der Waals surface area contributed by atoms with E-state index in [1.54, 1.807) is 25.1 Å².